The van der Waals surface area contributed by atoms with E-state index in [4.69, 9.17) is 20.9 Å². The quantitative estimate of drug-likeness (QED) is 0.403. The minimum Gasteiger partial charge on any atom is -0.497 e. The Morgan fingerprint density at radius 3 is 2.60 bits per heavy atom. The lowest BCUT2D eigenvalue weighted by Crippen LogP contribution is -2.26. The lowest BCUT2D eigenvalue weighted by atomic mass is 10.2. The highest BCUT2D eigenvalue weighted by atomic mass is 35.5. The molecule has 2 aromatic carbocycles. The van der Waals surface area contributed by atoms with Crippen molar-refractivity contribution in [3.05, 3.63) is 65.0 Å². The Labute approximate surface area is 182 Å². The molecule has 0 spiro atoms. The van der Waals surface area contributed by atoms with Gasteiger partial charge in [0.05, 0.1) is 12.8 Å². The van der Waals surface area contributed by atoms with Gasteiger partial charge in [-0.25, -0.2) is 8.42 Å². The standard InChI is InChI=1S/C20H16ClN3O4S2/c1-24(15-5-3-4-14(21)12-15)30(25,26)17-10-11-29-18(17)20-22-19(23-28-20)13-6-8-16(27-2)9-7-13/h3-12H,1-2H3. The summed E-state index contributed by atoms with van der Waals surface area (Å²) in [5, 5.41) is 6.11. The van der Waals surface area contributed by atoms with Crippen LogP contribution in [0.1, 0.15) is 0 Å². The van der Waals surface area contributed by atoms with Gasteiger partial charge in [0.15, 0.2) is 0 Å². The van der Waals surface area contributed by atoms with Crippen LogP contribution in [0.5, 0.6) is 5.75 Å². The Morgan fingerprint density at radius 2 is 1.90 bits per heavy atom. The topological polar surface area (TPSA) is 85.5 Å². The summed E-state index contributed by atoms with van der Waals surface area (Å²) < 4.78 is 38.2. The highest BCUT2D eigenvalue weighted by Gasteiger charge is 2.28. The van der Waals surface area contributed by atoms with E-state index in [1.54, 1.807) is 61.0 Å². The van der Waals surface area contributed by atoms with Crippen LogP contribution in [0.3, 0.4) is 0 Å². The third kappa shape index (κ3) is 3.79. The monoisotopic (exact) mass is 461 g/mol. The van der Waals surface area contributed by atoms with Crippen molar-refractivity contribution >= 4 is 38.6 Å². The number of halogens is 1. The molecular formula is C20H16ClN3O4S2. The van der Waals surface area contributed by atoms with Crippen LogP contribution in [0, 0.1) is 0 Å². The second-order valence-electron chi connectivity index (χ2n) is 6.22. The Morgan fingerprint density at radius 1 is 1.13 bits per heavy atom. The molecule has 0 N–H and O–H groups in total. The molecule has 0 bridgehead atoms. The van der Waals surface area contributed by atoms with Gasteiger partial charge in [0.25, 0.3) is 15.9 Å². The zero-order valence-corrected chi connectivity index (χ0v) is 18.3. The molecule has 0 atom stereocenters. The van der Waals surface area contributed by atoms with Crippen LogP contribution in [0.4, 0.5) is 5.69 Å². The zero-order chi connectivity index (χ0) is 21.3. The molecule has 2 aromatic heterocycles. The first-order valence-corrected chi connectivity index (χ1v) is 11.4. The van der Waals surface area contributed by atoms with Gasteiger partial charge in [-0.3, -0.25) is 4.31 Å². The van der Waals surface area contributed by atoms with E-state index < -0.39 is 10.0 Å². The Hall–Kier alpha value is -2.88. The summed E-state index contributed by atoms with van der Waals surface area (Å²) in [5.41, 5.74) is 1.17. The summed E-state index contributed by atoms with van der Waals surface area (Å²) in [6, 6.07) is 15.3. The molecule has 7 nitrogen and oxygen atoms in total. The number of methoxy groups -OCH3 is 1. The second-order valence-corrected chi connectivity index (χ2v) is 9.51. The molecule has 0 amide bonds. The van der Waals surface area contributed by atoms with Gasteiger partial charge in [0.1, 0.15) is 15.5 Å². The number of hydrogen-bond donors (Lipinski definition) is 0. The van der Waals surface area contributed by atoms with Crippen LogP contribution in [-0.4, -0.2) is 32.7 Å². The second kappa shape index (κ2) is 8.10. The predicted molar refractivity (Wildman–Crippen MR) is 117 cm³/mol. The zero-order valence-electron chi connectivity index (χ0n) is 15.9. The molecule has 0 unspecified atom stereocenters. The van der Waals surface area contributed by atoms with Crippen LogP contribution in [-0.2, 0) is 10.0 Å². The third-order valence-electron chi connectivity index (χ3n) is 4.41. The van der Waals surface area contributed by atoms with Crippen LogP contribution < -0.4 is 9.04 Å². The molecule has 4 aromatic rings. The molecule has 10 heteroatoms. The first-order valence-electron chi connectivity index (χ1n) is 8.70. The van der Waals surface area contributed by atoms with Gasteiger partial charge in [-0.1, -0.05) is 22.8 Å². The van der Waals surface area contributed by atoms with Gasteiger partial charge >= 0.3 is 0 Å². The molecule has 30 heavy (non-hydrogen) atoms. The molecule has 2 heterocycles. The summed E-state index contributed by atoms with van der Waals surface area (Å²) in [5.74, 6) is 1.19. The SMILES string of the molecule is COc1ccc(-c2noc(-c3sccc3S(=O)(=O)N(C)c3cccc(Cl)c3)n2)cc1. The van der Waals surface area contributed by atoms with E-state index in [1.807, 2.05) is 0 Å². The smallest absolute Gasteiger partial charge is 0.269 e. The van der Waals surface area contributed by atoms with Crippen molar-refractivity contribution in [1.29, 1.82) is 0 Å². The van der Waals surface area contributed by atoms with Gasteiger partial charge in [-0.2, -0.15) is 4.98 Å². The van der Waals surface area contributed by atoms with Crippen molar-refractivity contribution in [2.24, 2.45) is 0 Å². The van der Waals surface area contributed by atoms with Crippen molar-refractivity contribution in [3.63, 3.8) is 0 Å². The van der Waals surface area contributed by atoms with Crippen LogP contribution in [0.2, 0.25) is 5.02 Å². The third-order valence-corrected chi connectivity index (χ3v) is 7.50. The lowest BCUT2D eigenvalue weighted by Gasteiger charge is -2.19. The lowest BCUT2D eigenvalue weighted by molar-refractivity contribution is 0.415. The molecule has 0 aliphatic rings. The average molecular weight is 462 g/mol. The molecular weight excluding hydrogens is 446 g/mol. The summed E-state index contributed by atoms with van der Waals surface area (Å²) in [6.45, 7) is 0. The van der Waals surface area contributed by atoms with E-state index in [9.17, 15) is 8.42 Å². The number of ether oxygens (including phenoxy) is 1. The average Bonchev–Trinajstić information content (AvgIpc) is 3.43. The Balaban J connectivity index is 1.69. The van der Waals surface area contributed by atoms with Crippen LogP contribution in [0.15, 0.2) is 69.4 Å². The highest BCUT2D eigenvalue weighted by molar-refractivity contribution is 7.93. The fourth-order valence-corrected chi connectivity index (χ4v) is 5.47. The fourth-order valence-electron chi connectivity index (χ4n) is 2.79. The van der Waals surface area contributed by atoms with Gasteiger partial charge in [0, 0.05) is 17.6 Å². The molecule has 0 aliphatic carbocycles. The maximum absolute atomic E-state index is 13.2. The summed E-state index contributed by atoms with van der Waals surface area (Å²) in [4.78, 5) is 4.84. The van der Waals surface area contributed by atoms with E-state index in [1.165, 1.54) is 28.8 Å². The van der Waals surface area contributed by atoms with Crippen LogP contribution >= 0.6 is 22.9 Å². The molecule has 0 saturated heterocycles. The first-order chi connectivity index (χ1) is 14.4. The van der Waals surface area contributed by atoms with Gasteiger partial charge in [-0.05, 0) is 53.9 Å². The van der Waals surface area contributed by atoms with Crippen molar-refractivity contribution < 1.29 is 17.7 Å². The predicted octanol–water partition coefficient (Wildman–Crippen LogP) is 4.95. The van der Waals surface area contributed by atoms with Gasteiger partial charge < -0.3 is 9.26 Å². The maximum atomic E-state index is 13.2. The fraction of sp³-hybridized carbons (Fsp3) is 0.100. The number of thiophene rings is 1. The van der Waals surface area contributed by atoms with Crippen LogP contribution in [0.25, 0.3) is 22.2 Å². The highest BCUT2D eigenvalue weighted by Crippen LogP contribution is 2.36. The maximum Gasteiger partial charge on any atom is 0.269 e. The van der Waals surface area contributed by atoms with E-state index in [0.717, 1.165) is 5.56 Å². The van der Waals surface area contributed by atoms with E-state index in [0.29, 0.717) is 27.2 Å². The normalized spacial score (nSPS) is 11.4. The number of sulfonamides is 1. The summed E-state index contributed by atoms with van der Waals surface area (Å²) in [6.07, 6.45) is 0. The van der Waals surface area contributed by atoms with Gasteiger partial charge in [0.2, 0.25) is 5.82 Å². The van der Waals surface area contributed by atoms with Crippen molar-refractivity contribution in [1.82, 2.24) is 10.1 Å². The van der Waals surface area contributed by atoms with Crippen molar-refractivity contribution in [2.75, 3.05) is 18.5 Å². The number of rotatable bonds is 6. The van der Waals surface area contributed by atoms with E-state index >= 15 is 0 Å². The van der Waals surface area contributed by atoms with Gasteiger partial charge in [-0.15, -0.1) is 11.3 Å². The number of nitrogens with zero attached hydrogens (tertiary/aromatic N) is 3. The Kier molecular flexibility index (Phi) is 5.50. The number of benzene rings is 2. The largest absolute Gasteiger partial charge is 0.497 e. The Bertz CT molecular complexity index is 1280. The molecule has 0 saturated carbocycles. The van der Waals surface area contributed by atoms with E-state index in [-0.39, 0.29) is 10.8 Å². The number of hydrogen-bond acceptors (Lipinski definition) is 7. The molecule has 0 radical (unpaired) electrons. The van der Waals surface area contributed by atoms with Crippen molar-refractivity contribution in [2.45, 2.75) is 4.90 Å². The molecule has 4 rings (SSSR count). The van der Waals surface area contributed by atoms with E-state index in [2.05, 4.69) is 10.1 Å². The first kappa shape index (κ1) is 20.4. The summed E-state index contributed by atoms with van der Waals surface area (Å²) in [7, 11) is -0.813. The number of anilines is 1. The molecule has 0 aliphatic heterocycles. The summed E-state index contributed by atoms with van der Waals surface area (Å²) >= 11 is 7.22. The molecule has 154 valence electrons. The molecule has 0 fully saturated rings. The number of aromatic nitrogens is 2. The van der Waals surface area contributed by atoms with Crippen molar-refractivity contribution in [3.8, 4) is 27.9 Å². The minimum atomic E-state index is -3.87. The minimum absolute atomic E-state index is 0.0832.